The van der Waals surface area contributed by atoms with E-state index in [9.17, 15) is 9.59 Å². The number of fused-ring (bicyclic) bond motifs is 6. The van der Waals surface area contributed by atoms with Gasteiger partial charge >= 0.3 is 5.69 Å². The molecule has 0 spiro atoms. The zero-order valence-corrected chi connectivity index (χ0v) is 18.6. The lowest BCUT2D eigenvalue weighted by molar-refractivity contribution is 0.371. The van der Waals surface area contributed by atoms with E-state index in [0.717, 1.165) is 42.3 Å². The normalized spacial score (nSPS) is 21.8. The molecule has 2 heterocycles. The number of rotatable bonds is 4. The third-order valence-electron chi connectivity index (χ3n) is 7.64. The Bertz CT molecular complexity index is 1490. The first-order chi connectivity index (χ1) is 16.2. The Morgan fingerprint density at radius 1 is 1.03 bits per heavy atom. The summed E-state index contributed by atoms with van der Waals surface area (Å²) in [5, 5.41) is 6.13. The average molecular weight is 442 g/mol. The van der Waals surface area contributed by atoms with Crippen LogP contribution in [0.1, 0.15) is 29.9 Å². The number of hydrogen-bond donors (Lipinski definition) is 2. The third kappa shape index (κ3) is 3.20. The van der Waals surface area contributed by atoms with Crippen molar-refractivity contribution in [3.63, 3.8) is 0 Å². The number of nitrogens with zero attached hydrogens (tertiary/aromatic N) is 1. The number of ether oxygens (including phenoxy) is 1. The van der Waals surface area contributed by atoms with Crippen LogP contribution in [0.15, 0.2) is 64.2 Å². The van der Waals surface area contributed by atoms with Gasteiger partial charge in [0.1, 0.15) is 5.75 Å². The Morgan fingerprint density at radius 3 is 2.79 bits per heavy atom. The quantitative estimate of drug-likeness (QED) is 0.475. The Hall–Kier alpha value is -3.38. The van der Waals surface area contributed by atoms with E-state index < -0.39 is 0 Å². The van der Waals surface area contributed by atoms with E-state index in [4.69, 9.17) is 4.74 Å². The Kier molecular flexibility index (Phi) is 4.84. The van der Waals surface area contributed by atoms with Crippen molar-refractivity contribution in [3.05, 3.63) is 86.6 Å². The van der Waals surface area contributed by atoms with Crippen molar-refractivity contribution in [3.8, 4) is 5.75 Å². The summed E-state index contributed by atoms with van der Waals surface area (Å²) in [5.41, 5.74) is 2.71. The number of hydrogen-bond acceptors (Lipinski definition) is 4. The highest BCUT2D eigenvalue weighted by molar-refractivity contribution is 6.04. The second-order valence-electron chi connectivity index (χ2n) is 9.25. The van der Waals surface area contributed by atoms with Crippen LogP contribution in [0.25, 0.3) is 21.7 Å². The fourth-order valence-corrected chi connectivity index (χ4v) is 6.07. The molecule has 1 saturated heterocycles. The molecule has 4 aromatic rings. The summed E-state index contributed by atoms with van der Waals surface area (Å²) in [7, 11) is 1.73. The molecule has 6 rings (SSSR count). The van der Waals surface area contributed by atoms with E-state index in [0.29, 0.717) is 29.3 Å². The molecule has 2 N–H and O–H groups in total. The van der Waals surface area contributed by atoms with Gasteiger partial charge < -0.3 is 15.0 Å². The molecular formula is C27H27N3O3. The van der Waals surface area contributed by atoms with Gasteiger partial charge in [-0.3, -0.25) is 9.36 Å². The molecule has 1 aliphatic heterocycles. The largest absolute Gasteiger partial charge is 0.496 e. The average Bonchev–Trinajstić information content (AvgIpc) is 3.27. The number of aromatic nitrogens is 2. The Balaban J connectivity index is 1.33. The molecule has 33 heavy (non-hydrogen) atoms. The van der Waals surface area contributed by atoms with Crippen LogP contribution >= 0.6 is 0 Å². The van der Waals surface area contributed by atoms with Crippen LogP contribution in [0.2, 0.25) is 0 Å². The molecule has 2 aliphatic rings. The minimum Gasteiger partial charge on any atom is -0.496 e. The summed E-state index contributed by atoms with van der Waals surface area (Å²) in [6.07, 6.45) is 2.89. The Labute approximate surface area is 191 Å². The lowest BCUT2D eigenvalue weighted by Gasteiger charge is -2.32. The zero-order valence-electron chi connectivity index (χ0n) is 18.6. The predicted octanol–water partition coefficient (Wildman–Crippen LogP) is 3.56. The second-order valence-corrected chi connectivity index (χ2v) is 9.25. The summed E-state index contributed by atoms with van der Waals surface area (Å²) in [6, 6.07) is 18.1. The van der Waals surface area contributed by atoms with E-state index in [2.05, 4.69) is 22.4 Å². The topological polar surface area (TPSA) is 76.1 Å². The van der Waals surface area contributed by atoms with E-state index in [1.165, 1.54) is 15.7 Å². The number of H-pyrrole nitrogens is 1. The Morgan fingerprint density at radius 2 is 1.91 bits per heavy atom. The number of nitrogens with one attached hydrogen (secondary N) is 2. The molecule has 3 aromatic carbocycles. The van der Waals surface area contributed by atoms with Gasteiger partial charge in [0.25, 0.3) is 5.56 Å². The fraction of sp³-hybridized carbons (Fsp3) is 0.333. The second kappa shape index (κ2) is 7.89. The van der Waals surface area contributed by atoms with E-state index in [1.54, 1.807) is 7.11 Å². The summed E-state index contributed by atoms with van der Waals surface area (Å²) in [6.45, 7) is 1.36. The number of benzene rings is 3. The summed E-state index contributed by atoms with van der Waals surface area (Å²) in [5.74, 6) is 1.92. The summed E-state index contributed by atoms with van der Waals surface area (Å²) in [4.78, 5) is 29.2. The monoisotopic (exact) mass is 441 g/mol. The minimum absolute atomic E-state index is 0.222. The van der Waals surface area contributed by atoms with Crippen molar-refractivity contribution < 1.29 is 4.74 Å². The van der Waals surface area contributed by atoms with Crippen molar-refractivity contribution in [1.29, 1.82) is 0 Å². The van der Waals surface area contributed by atoms with Crippen LogP contribution in [0, 0.1) is 5.92 Å². The van der Waals surface area contributed by atoms with E-state index >= 15 is 0 Å². The van der Waals surface area contributed by atoms with Crippen molar-refractivity contribution in [2.75, 3.05) is 13.7 Å². The van der Waals surface area contributed by atoms with Crippen molar-refractivity contribution in [2.24, 2.45) is 5.92 Å². The van der Waals surface area contributed by atoms with Gasteiger partial charge in [0.2, 0.25) is 0 Å². The van der Waals surface area contributed by atoms with Gasteiger partial charge in [-0.05, 0) is 60.4 Å². The smallest absolute Gasteiger partial charge is 0.328 e. The molecule has 3 unspecified atom stereocenters. The molecule has 168 valence electrons. The van der Waals surface area contributed by atoms with Gasteiger partial charge in [-0.25, -0.2) is 4.79 Å². The van der Waals surface area contributed by atoms with E-state index in [-0.39, 0.29) is 17.3 Å². The lowest BCUT2D eigenvalue weighted by Crippen LogP contribution is -2.38. The van der Waals surface area contributed by atoms with Crippen molar-refractivity contribution >= 4 is 21.7 Å². The van der Waals surface area contributed by atoms with Crippen LogP contribution in [0.4, 0.5) is 0 Å². The number of aromatic amines is 1. The number of methoxy groups -OCH3 is 1. The first-order valence-corrected chi connectivity index (χ1v) is 11.7. The molecule has 3 atom stereocenters. The van der Waals surface area contributed by atoms with Gasteiger partial charge in [0.15, 0.2) is 0 Å². The molecule has 6 heteroatoms. The van der Waals surface area contributed by atoms with Crippen LogP contribution in [0.5, 0.6) is 5.75 Å². The maximum absolute atomic E-state index is 13.3. The van der Waals surface area contributed by atoms with E-state index in [1.807, 2.05) is 42.5 Å². The van der Waals surface area contributed by atoms with Crippen molar-refractivity contribution in [1.82, 2.24) is 14.9 Å². The molecule has 1 aromatic heterocycles. The van der Waals surface area contributed by atoms with Crippen molar-refractivity contribution in [2.45, 2.75) is 37.8 Å². The highest BCUT2D eigenvalue weighted by atomic mass is 16.5. The molecule has 1 fully saturated rings. The van der Waals surface area contributed by atoms with Crippen LogP contribution in [0.3, 0.4) is 0 Å². The maximum atomic E-state index is 13.3. The van der Waals surface area contributed by atoms with Gasteiger partial charge in [0, 0.05) is 23.9 Å². The molecule has 0 bridgehead atoms. The highest BCUT2D eigenvalue weighted by Crippen LogP contribution is 2.45. The zero-order chi connectivity index (χ0) is 22.5. The van der Waals surface area contributed by atoms with Gasteiger partial charge in [-0.2, -0.15) is 0 Å². The van der Waals surface area contributed by atoms with Crippen LogP contribution < -0.4 is 21.3 Å². The first kappa shape index (κ1) is 20.2. The summed E-state index contributed by atoms with van der Waals surface area (Å²) < 4.78 is 6.98. The summed E-state index contributed by atoms with van der Waals surface area (Å²) >= 11 is 0. The molecule has 0 amide bonds. The van der Waals surface area contributed by atoms with Gasteiger partial charge in [-0.1, -0.05) is 42.5 Å². The molecule has 6 nitrogen and oxygen atoms in total. The standard InChI is InChI=1S/C27H27N3O3/c1-33-23-8-4-7-20-19(23)11-10-17-15-28-22(24(17)20)13-14-30-26(31)21-12-9-16-5-2-3-6-18(16)25(21)29-27(30)32/h2-9,12,17,22,24,28H,10-11,13-15H2,1H3,(H,29,32). The predicted molar refractivity (Wildman–Crippen MR) is 130 cm³/mol. The SMILES string of the molecule is COc1cccc2c1CCC1CNC(CCn3c(=O)[nH]c4c(ccc5ccccc54)c3=O)C21. The molecule has 0 radical (unpaired) electrons. The van der Waals surface area contributed by atoms with Crippen LogP contribution in [-0.4, -0.2) is 29.2 Å². The third-order valence-corrected chi connectivity index (χ3v) is 7.64. The maximum Gasteiger partial charge on any atom is 0.328 e. The highest BCUT2D eigenvalue weighted by Gasteiger charge is 2.40. The minimum atomic E-state index is -0.343. The lowest BCUT2D eigenvalue weighted by atomic mass is 9.73. The van der Waals surface area contributed by atoms with Gasteiger partial charge in [0.05, 0.1) is 18.0 Å². The molecule has 1 aliphatic carbocycles. The molecular weight excluding hydrogens is 414 g/mol. The fourth-order valence-electron chi connectivity index (χ4n) is 6.07. The van der Waals surface area contributed by atoms with Crippen LogP contribution in [-0.2, 0) is 13.0 Å². The molecule has 0 saturated carbocycles. The first-order valence-electron chi connectivity index (χ1n) is 11.7. The van der Waals surface area contributed by atoms with Gasteiger partial charge in [-0.15, -0.1) is 0 Å².